The van der Waals surface area contributed by atoms with Crippen molar-refractivity contribution < 1.29 is 0 Å². The first kappa shape index (κ1) is 10.6. The molecule has 0 amide bonds. The van der Waals surface area contributed by atoms with E-state index in [1.54, 1.807) is 5.57 Å². The molecule has 1 saturated carbocycles. The molecule has 1 saturated heterocycles. The third-order valence-corrected chi connectivity index (χ3v) is 5.32. The Morgan fingerprint density at radius 2 is 2.25 bits per heavy atom. The lowest BCUT2D eigenvalue weighted by Crippen LogP contribution is -2.36. The second-order valence-electron chi connectivity index (χ2n) is 5.89. The molecule has 3 rings (SSSR count). The second kappa shape index (κ2) is 3.73. The molecule has 0 aromatic rings. The van der Waals surface area contributed by atoms with Gasteiger partial charge in [0, 0.05) is 17.5 Å². The number of allylic oxidation sites excluding steroid dienone is 3. The van der Waals surface area contributed by atoms with Gasteiger partial charge in [0.15, 0.2) is 0 Å². The van der Waals surface area contributed by atoms with E-state index in [1.165, 1.54) is 38.5 Å². The summed E-state index contributed by atoms with van der Waals surface area (Å²) >= 11 is 0. The van der Waals surface area contributed by atoms with E-state index in [9.17, 15) is 0 Å². The maximum Gasteiger partial charge on any atom is 0.0164 e. The molecule has 3 aliphatic rings. The van der Waals surface area contributed by atoms with Gasteiger partial charge in [0.05, 0.1) is 0 Å². The smallest absolute Gasteiger partial charge is 0.0164 e. The van der Waals surface area contributed by atoms with Crippen LogP contribution >= 0.6 is 0 Å². The minimum atomic E-state index is 0.495. The van der Waals surface area contributed by atoms with Gasteiger partial charge in [-0.1, -0.05) is 24.6 Å². The van der Waals surface area contributed by atoms with Gasteiger partial charge >= 0.3 is 0 Å². The van der Waals surface area contributed by atoms with Crippen molar-refractivity contribution in [2.75, 3.05) is 7.05 Å². The van der Waals surface area contributed by atoms with E-state index in [0.717, 1.165) is 12.1 Å². The van der Waals surface area contributed by atoms with Gasteiger partial charge in [-0.25, -0.2) is 0 Å². The van der Waals surface area contributed by atoms with Crippen molar-refractivity contribution in [3.05, 3.63) is 23.8 Å². The number of likely N-dealkylation sites (tertiary alicyclic amines) is 1. The lowest BCUT2D eigenvalue weighted by atomic mass is 9.66. The molecule has 2 fully saturated rings. The van der Waals surface area contributed by atoms with Crippen molar-refractivity contribution in [1.29, 1.82) is 0 Å². The first-order valence-corrected chi connectivity index (χ1v) is 6.83. The maximum atomic E-state index is 2.64. The van der Waals surface area contributed by atoms with Gasteiger partial charge in [0.1, 0.15) is 0 Å². The molecule has 1 aliphatic heterocycles. The molecule has 0 radical (unpaired) electrons. The molecule has 1 heterocycles. The number of rotatable bonds is 1. The monoisotopic (exact) mass is 217 g/mol. The molecule has 16 heavy (non-hydrogen) atoms. The Kier molecular flexibility index (Phi) is 2.47. The number of hydrogen-bond donors (Lipinski definition) is 0. The van der Waals surface area contributed by atoms with E-state index in [0.29, 0.717) is 5.41 Å². The largest absolute Gasteiger partial charge is 0.300 e. The fraction of sp³-hybridized carbons (Fsp3) is 0.733. The van der Waals surface area contributed by atoms with Crippen LogP contribution in [0.1, 0.15) is 45.4 Å². The summed E-state index contributed by atoms with van der Waals surface area (Å²) in [6.07, 6.45) is 15.5. The summed E-state index contributed by atoms with van der Waals surface area (Å²) in [6, 6.07) is 1.58. The van der Waals surface area contributed by atoms with Crippen molar-refractivity contribution in [3.63, 3.8) is 0 Å². The SMILES string of the molecule is CC1N(C)C2CCCC1(C1=CCCC=C1)C2. The minimum Gasteiger partial charge on any atom is -0.300 e. The average molecular weight is 217 g/mol. The second-order valence-corrected chi connectivity index (χ2v) is 5.89. The predicted molar refractivity (Wildman–Crippen MR) is 68.4 cm³/mol. The molecule has 2 aliphatic carbocycles. The molecule has 0 N–H and O–H groups in total. The Balaban J connectivity index is 1.97. The normalized spacial score (nSPS) is 43.5. The van der Waals surface area contributed by atoms with Crippen molar-refractivity contribution in [1.82, 2.24) is 4.90 Å². The fourth-order valence-corrected chi connectivity index (χ4v) is 4.20. The summed E-state index contributed by atoms with van der Waals surface area (Å²) in [5.74, 6) is 0. The van der Waals surface area contributed by atoms with Crippen LogP contribution in [0, 0.1) is 5.41 Å². The molecule has 2 bridgehead atoms. The fourth-order valence-electron chi connectivity index (χ4n) is 4.20. The Morgan fingerprint density at radius 1 is 1.38 bits per heavy atom. The van der Waals surface area contributed by atoms with Gasteiger partial charge in [-0.15, -0.1) is 0 Å². The first-order chi connectivity index (χ1) is 7.74. The third kappa shape index (κ3) is 1.34. The maximum absolute atomic E-state index is 2.64. The molecule has 3 unspecified atom stereocenters. The van der Waals surface area contributed by atoms with Crippen molar-refractivity contribution >= 4 is 0 Å². The highest BCUT2D eigenvalue weighted by atomic mass is 15.2. The van der Waals surface area contributed by atoms with Crippen molar-refractivity contribution in [2.24, 2.45) is 5.41 Å². The van der Waals surface area contributed by atoms with Gasteiger partial charge in [-0.3, -0.25) is 4.90 Å². The Bertz CT molecular complexity index is 341. The van der Waals surface area contributed by atoms with Crippen LogP contribution in [0.2, 0.25) is 0 Å². The van der Waals surface area contributed by atoms with Gasteiger partial charge in [-0.2, -0.15) is 0 Å². The van der Waals surface area contributed by atoms with Crippen LogP contribution in [0.4, 0.5) is 0 Å². The topological polar surface area (TPSA) is 3.24 Å². The lowest BCUT2D eigenvalue weighted by Gasteiger charge is -2.38. The zero-order valence-corrected chi connectivity index (χ0v) is 10.6. The van der Waals surface area contributed by atoms with Gasteiger partial charge in [-0.05, 0) is 51.6 Å². The van der Waals surface area contributed by atoms with E-state index >= 15 is 0 Å². The summed E-state index contributed by atoms with van der Waals surface area (Å²) in [5.41, 5.74) is 2.15. The van der Waals surface area contributed by atoms with Crippen LogP contribution in [0.3, 0.4) is 0 Å². The summed E-state index contributed by atoms with van der Waals surface area (Å²) in [5, 5.41) is 0. The minimum absolute atomic E-state index is 0.495. The highest BCUT2D eigenvalue weighted by Crippen LogP contribution is 2.54. The quantitative estimate of drug-likeness (QED) is 0.649. The molecule has 88 valence electrons. The lowest BCUT2D eigenvalue weighted by molar-refractivity contribution is 0.222. The summed E-state index contributed by atoms with van der Waals surface area (Å²) in [6.45, 7) is 2.44. The Labute approximate surface area is 99.2 Å². The zero-order chi connectivity index (χ0) is 11.2. The van der Waals surface area contributed by atoms with E-state index in [-0.39, 0.29) is 0 Å². The summed E-state index contributed by atoms with van der Waals surface area (Å²) in [4.78, 5) is 2.64. The van der Waals surface area contributed by atoms with E-state index in [1.807, 2.05) is 0 Å². The number of hydrogen-bond acceptors (Lipinski definition) is 1. The van der Waals surface area contributed by atoms with Crippen molar-refractivity contribution in [2.45, 2.75) is 57.5 Å². The molecule has 0 spiro atoms. The van der Waals surface area contributed by atoms with E-state index < -0.39 is 0 Å². The third-order valence-electron chi connectivity index (χ3n) is 5.32. The van der Waals surface area contributed by atoms with Gasteiger partial charge in [0.2, 0.25) is 0 Å². The number of nitrogens with zero attached hydrogens (tertiary/aromatic N) is 1. The summed E-state index contributed by atoms with van der Waals surface area (Å²) in [7, 11) is 2.33. The highest BCUT2D eigenvalue weighted by Gasteiger charge is 2.51. The molecule has 3 atom stereocenters. The van der Waals surface area contributed by atoms with Crippen LogP contribution in [0.5, 0.6) is 0 Å². The molecule has 1 nitrogen and oxygen atoms in total. The van der Waals surface area contributed by atoms with Crippen molar-refractivity contribution in [3.8, 4) is 0 Å². The molecule has 0 aromatic heterocycles. The van der Waals surface area contributed by atoms with Gasteiger partial charge < -0.3 is 0 Å². The van der Waals surface area contributed by atoms with Crippen LogP contribution < -0.4 is 0 Å². The van der Waals surface area contributed by atoms with E-state index in [4.69, 9.17) is 0 Å². The van der Waals surface area contributed by atoms with Crippen LogP contribution in [0.25, 0.3) is 0 Å². The Hall–Kier alpha value is -0.560. The number of fused-ring (bicyclic) bond motifs is 2. The molecular weight excluding hydrogens is 194 g/mol. The molecule has 0 aromatic carbocycles. The molecule has 1 heteroatoms. The van der Waals surface area contributed by atoms with Crippen LogP contribution in [-0.2, 0) is 0 Å². The van der Waals surface area contributed by atoms with Crippen LogP contribution in [0.15, 0.2) is 23.8 Å². The first-order valence-electron chi connectivity index (χ1n) is 6.83. The zero-order valence-electron chi connectivity index (χ0n) is 10.6. The van der Waals surface area contributed by atoms with Crippen LogP contribution in [-0.4, -0.2) is 24.0 Å². The standard InChI is InChI=1S/C15H23N/c1-12-15(13-7-4-3-5-8-13)10-6-9-14(11-15)16(12)2/h4,7-8,12,14H,3,5-6,9-11H2,1-2H3. The predicted octanol–water partition coefficient (Wildman–Crippen LogP) is 3.53. The Morgan fingerprint density at radius 3 is 3.00 bits per heavy atom. The average Bonchev–Trinajstić information content (AvgIpc) is 2.53. The molecular formula is C15H23N. The summed E-state index contributed by atoms with van der Waals surface area (Å²) < 4.78 is 0. The highest BCUT2D eigenvalue weighted by molar-refractivity contribution is 5.34. The van der Waals surface area contributed by atoms with Gasteiger partial charge in [0.25, 0.3) is 0 Å². The van der Waals surface area contributed by atoms with E-state index in [2.05, 4.69) is 37.1 Å².